The van der Waals surface area contributed by atoms with E-state index in [1.165, 1.54) is 4.88 Å². The highest BCUT2D eigenvalue weighted by Crippen LogP contribution is 2.17. The topological polar surface area (TPSA) is 74.2 Å². The van der Waals surface area contributed by atoms with Gasteiger partial charge in [0, 0.05) is 30.8 Å². The number of rotatable bonds is 8. The first kappa shape index (κ1) is 18.4. The van der Waals surface area contributed by atoms with E-state index < -0.39 is 6.10 Å². The maximum atomic E-state index is 11.8. The normalized spacial score (nSPS) is 12.0. The summed E-state index contributed by atoms with van der Waals surface area (Å²) in [4.78, 5) is 17.6. The number of carbonyl (C=O) groups excluding carboxylic acids is 1. The highest BCUT2D eigenvalue weighted by molar-refractivity contribution is 7.11. The molecule has 0 spiro atoms. The second-order valence-electron chi connectivity index (χ2n) is 5.69. The van der Waals surface area contributed by atoms with E-state index in [2.05, 4.69) is 29.5 Å². The lowest BCUT2D eigenvalue weighted by Gasteiger charge is -2.12. The minimum absolute atomic E-state index is 0.233. The molecule has 3 N–H and O–H groups in total. The van der Waals surface area contributed by atoms with E-state index in [0.29, 0.717) is 13.0 Å². The molecule has 0 bridgehead atoms. The van der Waals surface area contributed by atoms with Crippen LogP contribution in [0.15, 0.2) is 30.3 Å². The predicted molar refractivity (Wildman–Crippen MR) is 97.5 cm³/mol. The van der Waals surface area contributed by atoms with Gasteiger partial charge in [-0.2, -0.15) is 0 Å². The van der Waals surface area contributed by atoms with E-state index in [1.807, 2.05) is 30.3 Å². The Labute approximate surface area is 147 Å². The number of carbonyl (C=O) groups is 1. The Morgan fingerprint density at radius 3 is 2.71 bits per heavy atom. The molecular formula is C18H25N3O2S. The van der Waals surface area contributed by atoms with Crippen molar-refractivity contribution in [2.75, 3.05) is 13.1 Å². The third-order valence-electron chi connectivity index (χ3n) is 3.71. The highest BCUT2D eigenvalue weighted by atomic mass is 32.1. The van der Waals surface area contributed by atoms with Crippen LogP contribution < -0.4 is 10.6 Å². The number of nitrogens with one attached hydrogen (secondary N) is 2. The number of thiazole rings is 1. The fourth-order valence-electron chi connectivity index (χ4n) is 2.44. The van der Waals surface area contributed by atoms with Gasteiger partial charge < -0.3 is 15.7 Å². The maximum Gasteiger partial charge on any atom is 0.314 e. The molecule has 130 valence electrons. The lowest BCUT2D eigenvalue weighted by molar-refractivity contribution is 0.170. The van der Waals surface area contributed by atoms with Gasteiger partial charge in [0.15, 0.2) is 0 Å². The second-order valence-corrected chi connectivity index (χ2v) is 6.98. The number of aliphatic hydroxyl groups excluding tert-OH is 1. The van der Waals surface area contributed by atoms with Gasteiger partial charge in [0.1, 0.15) is 0 Å². The lowest BCUT2D eigenvalue weighted by Crippen LogP contribution is -2.41. The van der Waals surface area contributed by atoms with Crippen LogP contribution in [0.5, 0.6) is 0 Å². The summed E-state index contributed by atoms with van der Waals surface area (Å²) in [6, 6.07) is 9.48. The predicted octanol–water partition coefficient (Wildman–Crippen LogP) is 2.46. The molecule has 0 aliphatic rings. The molecule has 2 amide bonds. The van der Waals surface area contributed by atoms with Gasteiger partial charge >= 0.3 is 6.03 Å². The fraction of sp³-hybridized carbons (Fsp3) is 0.444. The summed E-state index contributed by atoms with van der Waals surface area (Å²) in [7, 11) is 0. The van der Waals surface area contributed by atoms with Gasteiger partial charge in [-0.1, -0.05) is 37.3 Å². The Balaban J connectivity index is 1.64. The molecule has 0 aliphatic carbocycles. The average Bonchev–Trinajstić information content (AvgIpc) is 2.94. The SMILES string of the molecule is CCc1nc(CCNC(=O)NCC(O)Cc2ccccc2)sc1C. The Morgan fingerprint density at radius 2 is 2.04 bits per heavy atom. The standard InChI is InChI=1S/C18H25N3O2S/c1-3-16-13(2)24-17(21-16)9-10-19-18(23)20-12-15(22)11-14-7-5-4-6-8-14/h4-8,15,22H,3,9-12H2,1-2H3,(H2,19,20,23). The van der Waals surface area contributed by atoms with Gasteiger partial charge in [-0.05, 0) is 18.9 Å². The fourth-order valence-corrected chi connectivity index (χ4v) is 3.46. The molecule has 1 aromatic carbocycles. The van der Waals surface area contributed by atoms with Crippen molar-refractivity contribution in [1.82, 2.24) is 15.6 Å². The molecule has 0 saturated carbocycles. The molecule has 1 heterocycles. The van der Waals surface area contributed by atoms with Crippen molar-refractivity contribution in [2.24, 2.45) is 0 Å². The Bertz CT molecular complexity index is 643. The van der Waals surface area contributed by atoms with Crippen molar-refractivity contribution < 1.29 is 9.90 Å². The number of aromatic nitrogens is 1. The quantitative estimate of drug-likeness (QED) is 0.687. The number of urea groups is 1. The zero-order valence-electron chi connectivity index (χ0n) is 14.2. The van der Waals surface area contributed by atoms with Crippen LogP contribution in [0.3, 0.4) is 0 Å². The van der Waals surface area contributed by atoms with Gasteiger partial charge in [0.05, 0.1) is 16.8 Å². The van der Waals surface area contributed by atoms with E-state index in [4.69, 9.17) is 0 Å². The molecule has 6 heteroatoms. The first-order chi connectivity index (χ1) is 11.6. The minimum atomic E-state index is -0.591. The molecule has 5 nitrogen and oxygen atoms in total. The van der Waals surface area contributed by atoms with Gasteiger partial charge in [-0.25, -0.2) is 9.78 Å². The molecule has 2 rings (SSSR count). The Hall–Kier alpha value is -1.92. The van der Waals surface area contributed by atoms with Crippen LogP contribution in [0, 0.1) is 6.92 Å². The number of benzene rings is 1. The van der Waals surface area contributed by atoms with E-state index in [1.54, 1.807) is 11.3 Å². The molecule has 0 saturated heterocycles. The monoisotopic (exact) mass is 347 g/mol. The molecule has 24 heavy (non-hydrogen) atoms. The van der Waals surface area contributed by atoms with Crippen LogP contribution in [0.2, 0.25) is 0 Å². The van der Waals surface area contributed by atoms with Crippen LogP contribution in [-0.2, 0) is 19.3 Å². The highest BCUT2D eigenvalue weighted by Gasteiger charge is 2.09. The van der Waals surface area contributed by atoms with Gasteiger partial charge in [-0.15, -0.1) is 11.3 Å². The van der Waals surface area contributed by atoms with Gasteiger partial charge in [0.2, 0.25) is 0 Å². The van der Waals surface area contributed by atoms with Crippen molar-refractivity contribution in [1.29, 1.82) is 0 Å². The zero-order valence-corrected chi connectivity index (χ0v) is 15.0. The van der Waals surface area contributed by atoms with E-state index in [9.17, 15) is 9.90 Å². The molecule has 0 aliphatic heterocycles. The number of amides is 2. The molecule has 2 aromatic rings. The van der Waals surface area contributed by atoms with E-state index in [-0.39, 0.29) is 12.6 Å². The molecule has 0 radical (unpaired) electrons. The maximum absolute atomic E-state index is 11.8. The van der Waals surface area contributed by atoms with E-state index >= 15 is 0 Å². The van der Waals surface area contributed by atoms with Gasteiger partial charge in [0.25, 0.3) is 0 Å². The number of aliphatic hydroxyl groups is 1. The summed E-state index contributed by atoms with van der Waals surface area (Å²) in [5, 5.41) is 16.5. The lowest BCUT2D eigenvalue weighted by atomic mass is 10.1. The summed E-state index contributed by atoms with van der Waals surface area (Å²) >= 11 is 1.69. The Morgan fingerprint density at radius 1 is 1.29 bits per heavy atom. The Kier molecular flexibility index (Phi) is 7.21. The van der Waals surface area contributed by atoms with Crippen molar-refractivity contribution >= 4 is 17.4 Å². The third kappa shape index (κ3) is 5.94. The summed E-state index contributed by atoms with van der Waals surface area (Å²) < 4.78 is 0. The smallest absolute Gasteiger partial charge is 0.314 e. The van der Waals surface area contributed by atoms with E-state index in [0.717, 1.165) is 29.1 Å². The van der Waals surface area contributed by atoms with Crippen molar-refractivity contribution in [2.45, 2.75) is 39.2 Å². The summed E-state index contributed by atoms with van der Waals surface area (Å²) in [5.41, 5.74) is 2.20. The van der Waals surface area contributed by atoms with Gasteiger partial charge in [-0.3, -0.25) is 0 Å². The zero-order chi connectivity index (χ0) is 17.4. The number of hydrogen-bond donors (Lipinski definition) is 3. The number of hydrogen-bond acceptors (Lipinski definition) is 4. The van der Waals surface area contributed by atoms with Crippen LogP contribution >= 0.6 is 11.3 Å². The van der Waals surface area contributed by atoms with Crippen LogP contribution in [0.4, 0.5) is 4.79 Å². The average molecular weight is 347 g/mol. The van der Waals surface area contributed by atoms with Crippen LogP contribution in [0.25, 0.3) is 0 Å². The summed E-state index contributed by atoms with van der Waals surface area (Å²) in [6.07, 6.45) is 1.60. The molecule has 1 aromatic heterocycles. The molecule has 1 atom stereocenters. The van der Waals surface area contributed by atoms with Crippen molar-refractivity contribution in [3.8, 4) is 0 Å². The largest absolute Gasteiger partial charge is 0.391 e. The van der Waals surface area contributed by atoms with Crippen LogP contribution in [-0.4, -0.2) is 35.3 Å². The van der Waals surface area contributed by atoms with Crippen LogP contribution in [0.1, 0.15) is 28.1 Å². The number of nitrogens with zero attached hydrogens (tertiary/aromatic N) is 1. The van der Waals surface area contributed by atoms with Crippen molar-refractivity contribution in [3.05, 3.63) is 51.5 Å². The summed E-state index contributed by atoms with van der Waals surface area (Å²) in [5.74, 6) is 0. The first-order valence-electron chi connectivity index (χ1n) is 8.27. The number of aryl methyl sites for hydroxylation is 2. The van der Waals surface area contributed by atoms with Crippen molar-refractivity contribution in [3.63, 3.8) is 0 Å². The molecular weight excluding hydrogens is 322 g/mol. The minimum Gasteiger partial charge on any atom is -0.391 e. The summed E-state index contributed by atoms with van der Waals surface area (Å²) in [6.45, 7) is 4.94. The third-order valence-corrected chi connectivity index (χ3v) is 4.78. The molecule has 1 unspecified atom stereocenters. The molecule has 0 fully saturated rings. The first-order valence-corrected chi connectivity index (χ1v) is 9.09. The second kappa shape index (κ2) is 9.39.